The van der Waals surface area contributed by atoms with Crippen LogP contribution in [0.25, 0.3) is 0 Å². The predicted octanol–water partition coefficient (Wildman–Crippen LogP) is -0.462. The van der Waals surface area contributed by atoms with Crippen molar-refractivity contribution in [2.24, 2.45) is 0 Å². The van der Waals surface area contributed by atoms with Gasteiger partial charge in [0, 0.05) is 20.0 Å². The number of carbonyl (C=O) groups excluding carboxylic acids is 1. The third kappa shape index (κ3) is 3.34. The second kappa shape index (κ2) is 4.31. The molecule has 0 aliphatic carbocycles. The zero-order valence-electron chi connectivity index (χ0n) is 6.63. The average molecular weight is 159 g/mol. The van der Waals surface area contributed by atoms with Crippen LogP contribution in [0.4, 0.5) is 0 Å². The van der Waals surface area contributed by atoms with Gasteiger partial charge >= 0.3 is 5.97 Å². The highest BCUT2D eigenvalue weighted by Gasteiger charge is 2.13. The molecule has 1 N–H and O–H groups in total. The van der Waals surface area contributed by atoms with Crippen LogP contribution in [0.2, 0.25) is 0 Å². The topological polar surface area (TPSA) is 47.6 Å². The van der Waals surface area contributed by atoms with Gasteiger partial charge in [0.1, 0.15) is 12.7 Å². The predicted molar refractivity (Wildman–Crippen MR) is 39.2 cm³/mol. The largest absolute Gasteiger partial charge is 0.463 e. The van der Waals surface area contributed by atoms with E-state index in [0.717, 1.165) is 13.1 Å². The quantitative estimate of drug-likeness (QED) is 0.554. The molecule has 0 bridgehead atoms. The molecular formula is C7H13NO3. The van der Waals surface area contributed by atoms with Crippen LogP contribution < -0.4 is 5.32 Å². The van der Waals surface area contributed by atoms with Crippen LogP contribution in [0, 0.1) is 0 Å². The van der Waals surface area contributed by atoms with Gasteiger partial charge < -0.3 is 14.8 Å². The highest BCUT2D eigenvalue weighted by Crippen LogP contribution is 1.96. The van der Waals surface area contributed by atoms with Crippen LogP contribution in [-0.2, 0) is 14.3 Å². The van der Waals surface area contributed by atoms with Crippen molar-refractivity contribution in [2.45, 2.75) is 13.0 Å². The SMILES string of the molecule is CC(=O)OCC1CNCCO1. The Morgan fingerprint density at radius 2 is 2.64 bits per heavy atom. The van der Waals surface area contributed by atoms with Gasteiger partial charge in [0.2, 0.25) is 0 Å². The number of morpholine rings is 1. The molecule has 0 amide bonds. The van der Waals surface area contributed by atoms with Crippen LogP contribution in [0.15, 0.2) is 0 Å². The molecule has 0 radical (unpaired) electrons. The lowest BCUT2D eigenvalue weighted by molar-refractivity contribution is -0.145. The second-order valence-corrected chi connectivity index (χ2v) is 2.50. The molecule has 0 aromatic rings. The summed E-state index contributed by atoms with van der Waals surface area (Å²) in [5, 5.41) is 3.14. The van der Waals surface area contributed by atoms with Crippen molar-refractivity contribution in [1.82, 2.24) is 5.32 Å². The minimum atomic E-state index is -0.251. The van der Waals surface area contributed by atoms with Gasteiger partial charge in [0.05, 0.1) is 6.61 Å². The van der Waals surface area contributed by atoms with Gasteiger partial charge in [-0.3, -0.25) is 4.79 Å². The standard InChI is InChI=1S/C7H13NO3/c1-6(9)11-5-7-4-8-2-3-10-7/h7-8H,2-5H2,1H3. The third-order valence-electron chi connectivity index (χ3n) is 1.48. The maximum Gasteiger partial charge on any atom is 0.302 e. The maximum atomic E-state index is 10.4. The third-order valence-corrected chi connectivity index (χ3v) is 1.48. The first-order valence-corrected chi connectivity index (χ1v) is 3.74. The zero-order valence-corrected chi connectivity index (χ0v) is 6.63. The molecule has 1 aliphatic rings. The van der Waals surface area contributed by atoms with E-state index < -0.39 is 0 Å². The molecule has 4 heteroatoms. The summed E-state index contributed by atoms with van der Waals surface area (Å²) in [6, 6.07) is 0. The maximum absolute atomic E-state index is 10.4. The summed E-state index contributed by atoms with van der Waals surface area (Å²) < 4.78 is 10.1. The van der Waals surface area contributed by atoms with Gasteiger partial charge in [0.15, 0.2) is 0 Å². The van der Waals surface area contributed by atoms with E-state index in [0.29, 0.717) is 13.2 Å². The van der Waals surface area contributed by atoms with E-state index in [2.05, 4.69) is 5.32 Å². The van der Waals surface area contributed by atoms with Crippen LogP contribution in [-0.4, -0.2) is 38.4 Å². The number of carbonyl (C=O) groups is 1. The Morgan fingerprint density at radius 3 is 3.18 bits per heavy atom. The zero-order chi connectivity index (χ0) is 8.10. The Labute approximate surface area is 65.9 Å². The second-order valence-electron chi connectivity index (χ2n) is 2.50. The number of hydrogen-bond donors (Lipinski definition) is 1. The van der Waals surface area contributed by atoms with E-state index >= 15 is 0 Å². The van der Waals surface area contributed by atoms with Gasteiger partial charge in [-0.25, -0.2) is 0 Å². The van der Waals surface area contributed by atoms with E-state index in [4.69, 9.17) is 9.47 Å². The fourth-order valence-corrected chi connectivity index (χ4v) is 0.937. The van der Waals surface area contributed by atoms with Crippen LogP contribution >= 0.6 is 0 Å². The molecule has 1 rings (SSSR count). The Bertz CT molecular complexity index is 132. The molecule has 1 heterocycles. The molecule has 11 heavy (non-hydrogen) atoms. The average Bonchev–Trinajstić information content (AvgIpc) is 2.03. The molecule has 0 spiro atoms. The van der Waals surface area contributed by atoms with Crippen molar-refractivity contribution in [2.75, 3.05) is 26.3 Å². The van der Waals surface area contributed by atoms with Crippen LogP contribution in [0.3, 0.4) is 0 Å². The molecule has 1 saturated heterocycles. The van der Waals surface area contributed by atoms with Gasteiger partial charge in [-0.05, 0) is 0 Å². The minimum Gasteiger partial charge on any atom is -0.463 e. The molecule has 0 aromatic heterocycles. The van der Waals surface area contributed by atoms with Gasteiger partial charge in [-0.1, -0.05) is 0 Å². The van der Waals surface area contributed by atoms with Gasteiger partial charge in [0.25, 0.3) is 0 Å². The number of ether oxygens (including phenoxy) is 2. The number of esters is 1. The highest BCUT2D eigenvalue weighted by molar-refractivity contribution is 5.65. The minimum absolute atomic E-state index is 0.0349. The molecule has 1 fully saturated rings. The van der Waals surface area contributed by atoms with Crippen molar-refractivity contribution in [3.63, 3.8) is 0 Å². The van der Waals surface area contributed by atoms with E-state index in [1.165, 1.54) is 6.92 Å². The Hall–Kier alpha value is -0.610. The van der Waals surface area contributed by atoms with Crippen molar-refractivity contribution >= 4 is 5.97 Å². The van der Waals surface area contributed by atoms with E-state index in [1.54, 1.807) is 0 Å². The lowest BCUT2D eigenvalue weighted by Crippen LogP contribution is -2.41. The van der Waals surface area contributed by atoms with E-state index in [9.17, 15) is 4.79 Å². The Kier molecular flexibility index (Phi) is 3.32. The molecule has 4 nitrogen and oxygen atoms in total. The summed E-state index contributed by atoms with van der Waals surface area (Å²) in [6.45, 7) is 4.12. The first kappa shape index (κ1) is 8.49. The first-order valence-electron chi connectivity index (χ1n) is 3.74. The first-order chi connectivity index (χ1) is 5.29. The van der Waals surface area contributed by atoms with Crippen LogP contribution in [0.1, 0.15) is 6.92 Å². The molecule has 1 unspecified atom stereocenters. The fraction of sp³-hybridized carbons (Fsp3) is 0.857. The lowest BCUT2D eigenvalue weighted by atomic mass is 10.3. The number of hydrogen-bond acceptors (Lipinski definition) is 4. The molecule has 1 aliphatic heterocycles. The van der Waals surface area contributed by atoms with E-state index in [1.807, 2.05) is 0 Å². The van der Waals surface area contributed by atoms with Crippen LogP contribution in [0.5, 0.6) is 0 Å². The Morgan fingerprint density at radius 1 is 1.82 bits per heavy atom. The molecule has 0 saturated carbocycles. The smallest absolute Gasteiger partial charge is 0.302 e. The summed E-state index contributed by atoms with van der Waals surface area (Å²) in [4.78, 5) is 10.4. The molecule has 1 atom stereocenters. The summed E-state index contributed by atoms with van der Waals surface area (Å²) in [5.74, 6) is -0.251. The monoisotopic (exact) mass is 159 g/mol. The highest BCUT2D eigenvalue weighted by atomic mass is 16.6. The summed E-state index contributed by atoms with van der Waals surface area (Å²) in [5.41, 5.74) is 0. The Balaban J connectivity index is 2.09. The number of nitrogens with one attached hydrogen (secondary N) is 1. The summed E-state index contributed by atoms with van der Waals surface area (Å²) in [6.07, 6.45) is 0.0349. The summed E-state index contributed by atoms with van der Waals surface area (Å²) >= 11 is 0. The molecular weight excluding hydrogens is 146 g/mol. The fourth-order valence-electron chi connectivity index (χ4n) is 0.937. The lowest BCUT2D eigenvalue weighted by Gasteiger charge is -2.22. The number of rotatable bonds is 2. The molecule has 64 valence electrons. The van der Waals surface area contributed by atoms with Crippen molar-refractivity contribution in [1.29, 1.82) is 0 Å². The molecule has 0 aromatic carbocycles. The van der Waals surface area contributed by atoms with Crippen molar-refractivity contribution in [3.8, 4) is 0 Å². The summed E-state index contributed by atoms with van der Waals surface area (Å²) in [7, 11) is 0. The van der Waals surface area contributed by atoms with Gasteiger partial charge in [-0.2, -0.15) is 0 Å². The van der Waals surface area contributed by atoms with Crippen molar-refractivity contribution in [3.05, 3.63) is 0 Å². The normalized spacial score (nSPS) is 24.6. The van der Waals surface area contributed by atoms with E-state index in [-0.39, 0.29) is 12.1 Å². The van der Waals surface area contributed by atoms with Crippen molar-refractivity contribution < 1.29 is 14.3 Å². The van der Waals surface area contributed by atoms with Gasteiger partial charge in [-0.15, -0.1) is 0 Å².